The molecule has 0 saturated carbocycles. The molecule has 6 heteroatoms. The zero-order valence-electron chi connectivity index (χ0n) is 11.0. The Morgan fingerprint density at radius 1 is 1.53 bits per heavy atom. The number of nitrogens with zero attached hydrogens (tertiary/aromatic N) is 1. The predicted octanol–water partition coefficient (Wildman–Crippen LogP) is 2.31. The molecule has 0 radical (unpaired) electrons. The van der Waals surface area contributed by atoms with Gasteiger partial charge in [-0.15, -0.1) is 12.4 Å². The highest BCUT2D eigenvalue weighted by Crippen LogP contribution is 2.25. The molecule has 19 heavy (non-hydrogen) atoms. The fraction of sp³-hybridized carbons (Fsp3) is 0.462. The first kappa shape index (κ1) is 16.3. The fourth-order valence-corrected chi connectivity index (χ4v) is 2.47. The Balaban J connectivity index is 0.00000180. The first-order chi connectivity index (χ1) is 8.61. The number of ether oxygens (including phenoxy) is 1. The zero-order valence-corrected chi connectivity index (χ0v) is 13.4. The molecular weight excluding hydrogens is 332 g/mol. The van der Waals surface area contributed by atoms with E-state index >= 15 is 0 Å². The van der Waals surface area contributed by atoms with Crippen molar-refractivity contribution in [3.8, 4) is 5.75 Å². The van der Waals surface area contributed by atoms with Gasteiger partial charge in [-0.1, -0.05) is 15.9 Å². The van der Waals surface area contributed by atoms with Gasteiger partial charge in [-0.3, -0.25) is 4.79 Å². The Bertz CT molecular complexity index is 456. The van der Waals surface area contributed by atoms with Crippen molar-refractivity contribution in [1.82, 2.24) is 10.2 Å². The van der Waals surface area contributed by atoms with Gasteiger partial charge in [0, 0.05) is 30.1 Å². The number of hydrogen-bond acceptors (Lipinski definition) is 3. The molecule has 1 aliphatic heterocycles. The van der Waals surface area contributed by atoms with Crippen LogP contribution in [0.4, 0.5) is 0 Å². The van der Waals surface area contributed by atoms with Crippen LogP contribution >= 0.6 is 28.3 Å². The molecule has 0 aliphatic carbocycles. The maximum atomic E-state index is 12.4. The highest BCUT2D eigenvalue weighted by atomic mass is 79.9. The molecule has 0 unspecified atom stereocenters. The zero-order chi connectivity index (χ0) is 13.1. The van der Waals surface area contributed by atoms with Gasteiger partial charge in [0.05, 0.1) is 12.7 Å². The molecule has 1 fully saturated rings. The van der Waals surface area contributed by atoms with Gasteiger partial charge in [-0.05, 0) is 25.1 Å². The van der Waals surface area contributed by atoms with Crippen molar-refractivity contribution in [2.75, 3.05) is 26.7 Å². The molecule has 1 amide bonds. The number of rotatable bonds is 2. The average Bonchev–Trinajstić information content (AvgIpc) is 2.37. The van der Waals surface area contributed by atoms with E-state index in [-0.39, 0.29) is 18.3 Å². The summed E-state index contributed by atoms with van der Waals surface area (Å²) in [6.45, 7) is 4.39. The van der Waals surface area contributed by atoms with Crippen LogP contribution in [0.5, 0.6) is 5.75 Å². The Morgan fingerprint density at radius 2 is 2.26 bits per heavy atom. The van der Waals surface area contributed by atoms with Gasteiger partial charge in [0.2, 0.25) is 0 Å². The van der Waals surface area contributed by atoms with Gasteiger partial charge in [-0.25, -0.2) is 0 Å². The van der Waals surface area contributed by atoms with E-state index in [0.29, 0.717) is 17.4 Å². The lowest BCUT2D eigenvalue weighted by molar-refractivity contribution is 0.0705. The summed E-state index contributed by atoms with van der Waals surface area (Å²) in [4.78, 5) is 14.3. The minimum absolute atomic E-state index is 0. The molecule has 106 valence electrons. The molecule has 2 rings (SSSR count). The fourth-order valence-electron chi connectivity index (χ4n) is 2.13. The number of amides is 1. The van der Waals surface area contributed by atoms with Crippen LogP contribution in [-0.4, -0.2) is 43.6 Å². The monoisotopic (exact) mass is 348 g/mol. The molecule has 1 heterocycles. The molecule has 1 aliphatic rings. The van der Waals surface area contributed by atoms with Crippen molar-refractivity contribution in [2.45, 2.75) is 13.0 Å². The number of hydrogen-bond donors (Lipinski definition) is 1. The molecular formula is C13H18BrClN2O2. The van der Waals surface area contributed by atoms with Crippen molar-refractivity contribution >= 4 is 34.2 Å². The molecule has 0 spiro atoms. The van der Waals surface area contributed by atoms with E-state index in [9.17, 15) is 4.79 Å². The first-order valence-electron chi connectivity index (χ1n) is 5.98. The average molecular weight is 350 g/mol. The molecule has 0 aromatic heterocycles. The molecule has 1 aromatic rings. The maximum absolute atomic E-state index is 12.4. The lowest BCUT2D eigenvalue weighted by Gasteiger charge is -2.32. The normalized spacial score (nSPS) is 18.7. The Kier molecular flexibility index (Phi) is 6.10. The van der Waals surface area contributed by atoms with Crippen molar-refractivity contribution < 1.29 is 9.53 Å². The van der Waals surface area contributed by atoms with Crippen molar-refractivity contribution in [2.24, 2.45) is 0 Å². The topological polar surface area (TPSA) is 41.6 Å². The van der Waals surface area contributed by atoms with Gasteiger partial charge in [0.15, 0.2) is 0 Å². The van der Waals surface area contributed by atoms with E-state index in [0.717, 1.165) is 24.1 Å². The van der Waals surface area contributed by atoms with Crippen LogP contribution in [0, 0.1) is 0 Å². The Labute approximate surface area is 128 Å². The van der Waals surface area contributed by atoms with E-state index in [4.69, 9.17) is 4.74 Å². The van der Waals surface area contributed by atoms with E-state index in [1.54, 1.807) is 13.2 Å². The quantitative estimate of drug-likeness (QED) is 0.891. The third-order valence-electron chi connectivity index (χ3n) is 3.05. The Hall–Kier alpha value is -0.780. The van der Waals surface area contributed by atoms with Gasteiger partial charge in [-0.2, -0.15) is 0 Å². The van der Waals surface area contributed by atoms with E-state index in [1.807, 2.05) is 17.0 Å². The molecule has 0 bridgehead atoms. The van der Waals surface area contributed by atoms with Gasteiger partial charge in [0.25, 0.3) is 5.91 Å². The summed E-state index contributed by atoms with van der Waals surface area (Å²) in [5, 5.41) is 3.32. The van der Waals surface area contributed by atoms with Gasteiger partial charge in [0.1, 0.15) is 5.75 Å². The molecule has 1 N–H and O–H groups in total. The molecule has 1 aromatic carbocycles. The highest BCUT2D eigenvalue weighted by Gasteiger charge is 2.23. The maximum Gasteiger partial charge on any atom is 0.257 e. The number of carbonyl (C=O) groups is 1. The van der Waals surface area contributed by atoms with Gasteiger partial charge >= 0.3 is 0 Å². The SMILES string of the molecule is COc1cc(Br)ccc1C(=O)N1CCN[C@@H](C)C1.Cl. The first-order valence-corrected chi connectivity index (χ1v) is 6.77. The number of nitrogens with one attached hydrogen (secondary N) is 1. The second-order valence-corrected chi connectivity index (χ2v) is 5.37. The minimum Gasteiger partial charge on any atom is -0.496 e. The summed E-state index contributed by atoms with van der Waals surface area (Å²) in [5.41, 5.74) is 0.620. The van der Waals surface area contributed by atoms with E-state index in [1.165, 1.54) is 0 Å². The summed E-state index contributed by atoms with van der Waals surface area (Å²) >= 11 is 3.38. The summed E-state index contributed by atoms with van der Waals surface area (Å²) in [7, 11) is 1.58. The minimum atomic E-state index is 0. The lowest BCUT2D eigenvalue weighted by Crippen LogP contribution is -2.51. The summed E-state index contributed by atoms with van der Waals surface area (Å²) in [5.74, 6) is 0.647. The van der Waals surface area contributed by atoms with E-state index < -0.39 is 0 Å². The van der Waals surface area contributed by atoms with Crippen LogP contribution in [0.1, 0.15) is 17.3 Å². The van der Waals surface area contributed by atoms with Crippen molar-refractivity contribution in [3.63, 3.8) is 0 Å². The number of halogens is 2. The van der Waals surface area contributed by atoms with Crippen molar-refractivity contribution in [1.29, 1.82) is 0 Å². The second kappa shape index (κ2) is 7.12. The largest absolute Gasteiger partial charge is 0.496 e. The number of benzene rings is 1. The third kappa shape index (κ3) is 3.84. The predicted molar refractivity (Wildman–Crippen MR) is 81.3 cm³/mol. The highest BCUT2D eigenvalue weighted by molar-refractivity contribution is 9.10. The van der Waals surface area contributed by atoms with Crippen LogP contribution in [0.25, 0.3) is 0 Å². The second-order valence-electron chi connectivity index (χ2n) is 4.45. The lowest BCUT2D eigenvalue weighted by atomic mass is 10.1. The van der Waals surface area contributed by atoms with Crippen LogP contribution in [0.3, 0.4) is 0 Å². The van der Waals surface area contributed by atoms with Crippen molar-refractivity contribution in [3.05, 3.63) is 28.2 Å². The van der Waals surface area contributed by atoms with Crippen LogP contribution in [0.2, 0.25) is 0 Å². The standard InChI is InChI=1S/C13H17BrN2O2.ClH/c1-9-8-16(6-5-15-9)13(17)11-4-3-10(14)7-12(11)18-2;/h3-4,7,9,15H,5-6,8H2,1-2H3;1H/t9-;/m0./s1. The van der Waals surface area contributed by atoms with Gasteiger partial charge < -0.3 is 15.0 Å². The summed E-state index contributed by atoms with van der Waals surface area (Å²) in [6, 6.07) is 5.82. The number of methoxy groups -OCH3 is 1. The summed E-state index contributed by atoms with van der Waals surface area (Å²) in [6.07, 6.45) is 0. The van der Waals surface area contributed by atoms with Crippen LogP contribution in [0.15, 0.2) is 22.7 Å². The molecule has 1 saturated heterocycles. The number of piperazine rings is 1. The smallest absolute Gasteiger partial charge is 0.257 e. The van der Waals surface area contributed by atoms with Crippen LogP contribution < -0.4 is 10.1 Å². The van der Waals surface area contributed by atoms with Crippen LogP contribution in [-0.2, 0) is 0 Å². The number of carbonyl (C=O) groups excluding carboxylic acids is 1. The van der Waals surface area contributed by atoms with E-state index in [2.05, 4.69) is 28.2 Å². The Morgan fingerprint density at radius 3 is 2.89 bits per heavy atom. The molecule has 4 nitrogen and oxygen atoms in total. The molecule has 1 atom stereocenters. The third-order valence-corrected chi connectivity index (χ3v) is 3.54. The summed E-state index contributed by atoms with van der Waals surface area (Å²) < 4.78 is 6.18.